The van der Waals surface area contributed by atoms with Crippen molar-refractivity contribution >= 4 is 11.6 Å². The number of hydrogen-bond donors (Lipinski definition) is 0. The Morgan fingerprint density at radius 1 is 1.12 bits per heavy atom. The molecule has 0 N–H and O–H groups in total. The number of fused-ring (bicyclic) bond motifs is 5. The highest BCUT2D eigenvalue weighted by Crippen LogP contribution is 2.36. The molecule has 3 aromatic heterocycles. The van der Waals surface area contributed by atoms with Crippen molar-refractivity contribution in [1.82, 2.24) is 29.0 Å². The molecule has 0 aliphatic carbocycles. The molecule has 32 heavy (non-hydrogen) atoms. The van der Waals surface area contributed by atoms with Gasteiger partial charge < -0.3 is 9.47 Å². The number of aryl methyl sites for hydroxylation is 1. The number of pyridine rings is 1. The summed E-state index contributed by atoms with van der Waals surface area (Å²) in [6, 6.07) is 4.15. The van der Waals surface area contributed by atoms with Gasteiger partial charge in [0.25, 0.3) is 11.5 Å². The monoisotopic (exact) mass is 432 g/mol. The number of likely N-dealkylation sites (tertiary alicyclic amines) is 2. The minimum Gasteiger partial charge on any atom is -0.337 e. The smallest absolute Gasteiger partial charge is 0.259 e. The maximum Gasteiger partial charge on any atom is 0.259 e. The van der Waals surface area contributed by atoms with Crippen LogP contribution < -0.4 is 5.56 Å². The van der Waals surface area contributed by atoms with E-state index >= 15 is 0 Å². The maximum absolute atomic E-state index is 13.4. The summed E-state index contributed by atoms with van der Waals surface area (Å²) in [4.78, 5) is 35.4. The van der Waals surface area contributed by atoms with Crippen molar-refractivity contribution in [1.29, 1.82) is 0 Å². The van der Waals surface area contributed by atoms with Crippen LogP contribution in [0.3, 0.4) is 0 Å². The molecule has 3 aliphatic rings. The van der Waals surface area contributed by atoms with Crippen molar-refractivity contribution in [3.8, 4) is 0 Å². The number of aromatic nitrogens is 4. The van der Waals surface area contributed by atoms with Gasteiger partial charge in [0.2, 0.25) is 0 Å². The number of hydrogen-bond acceptors (Lipinski definition) is 5. The Morgan fingerprint density at radius 3 is 2.81 bits per heavy atom. The Hall–Kier alpha value is -3.00. The molecule has 2 fully saturated rings. The Labute approximate surface area is 186 Å². The molecule has 0 unspecified atom stereocenters. The van der Waals surface area contributed by atoms with Gasteiger partial charge in [0.15, 0.2) is 5.65 Å². The van der Waals surface area contributed by atoms with Crippen LogP contribution in [0, 0.1) is 12.8 Å². The molecule has 2 saturated heterocycles. The quantitative estimate of drug-likeness (QED) is 0.633. The summed E-state index contributed by atoms with van der Waals surface area (Å²) in [5.41, 5.74) is 4.27. The van der Waals surface area contributed by atoms with Gasteiger partial charge in [-0.2, -0.15) is 5.10 Å². The third-order valence-corrected chi connectivity index (χ3v) is 7.28. The second-order valence-corrected chi connectivity index (χ2v) is 9.65. The highest BCUT2D eigenvalue weighted by molar-refractivity contribution is 5.99. The Kier molecular flexibility index (Phi) is 4.64. The molecule has 6 heterocycles. The molecule has 0 aromatic carbocycles. The van der Waals surface area contributed by atoms with E-state index in [0.717, 1.165) is 42.9 Å². The van der Waals surface area contributed by atoms with Gasteiger partial charge in [0.05, 0.1) is 6.20 Å². The molecule has 166 valence electrons. The minimum absolute atomic E-state index is 0.0208. The van der Waals surface area contributed by atoms with Gasteiger partial charge in [-0.3, -0.25) is 14.5 Å². The molecule has 8 nitrogen and oxygen atoms in total. The summed E-state index contributed by atoms with van der Waals surface area (Å²) in [5, 5.41) is 4.32. The lowest BCUT2D eigenvalue weighted by Gasteiger charge is -2.42. The zero-order valence-electron chi connectivity index (χ0n) is 18.4. The molecule has 6 rings (SSSR count). The summed E-state index contributed by atoms with van der Waals surface area (Å²) in [7, 11) is 0. The van der Waals surface area contributed by atoms with Crippen LogP contribution in [-0.2, 0) is 13.1 Å². The number of carbonyl (C=O) groups is 1. The van der Waals surface area contributed by atoms with Crippen molar-refractivity contribution in [3.05, 3.63) is 63.5 Å². The highest BCUT2D eigenvalue weighted by Gasteiger charge is 2.37. The standard InChI is InChI=1S/C24H28N6O2/c1-16-9-25-22-20(10-26-30(22)11-16)24(32)28-12-17-8-19(15-28)21-5-4-18(23(31)29(21)13-17)14-27-6-2-3-7-27/h4-5,9-11,17,19H,2-3,6-8,12-15H2,1H3/t17-,19+/m0/s1. The fourth-order valence-electron chi connectivity index (χ4n) is 5.75. The van der Waals surface area contributed by atoms with E-state index in [2.05, 4.69) is 21.0 Å². The topological polar surface area (TPSA) is 75.7 Å². The second kappa shape index (κ2) is 7.55. The summed E-state index contributed by atoms with van der Waals surface area (Å²) in [6.07, 6.45) is 8.75. The van der Waals surface area contributed by atoms with Crippen LogP contribution in [-0.4, -0.2) is 61.1 Å². The van der Waals surface area contributed by atoms with E-state index in [1.54, 1.807) is 16.9 Å². The first-order chi connectivity index (χ1) is 15.6. The molecule has 3 aliphatic heterocycles. The minimum atomic E-state index is -0.0208. The molecule has 8 heteroatoms. The first-order valence-corrected chi connectivity index (χ1v) is 11.6. The van der Waals surface area contributed by atoms with E-state index in [1.807, 2.05) is 28.7 Å². The summed E-state index contributed by atoms with van der Waals surface area (Å²) in [5.74, 6) is 0.464. The molecule has 1 amide bonds. The fraction of sp³-hybridized carbons (Fsp3) is 0.500. The fourth-order valence-corrected chi connectivity index (χ4v) is 5.75. The van der Waals surface area contributed by atoms with Gasteiger partial charge in [0.1, 0.15) is 5.56 Å². The van der Waals surface area contributed by atoms with Crippen molar-refractivity contribution in [2.45, 2.75) is 45.2 Å². The molecular formula is C24H28N6O2. The van der Waals surface area contributed by atoms with Gasteiger partial charge in [-0.05, 0) is 56.8 Å². The highest BCUT2D eigenvalue weighted by atomic mass is 16.2. The Balaban J connectivity index is 1.26. The van der Waals surface area contributed by atoms with Crippen LogP contribution in [0.1, 0.15) is 52.4 Å². The molecule has 3 aromatic rings. The lowest BCUT2D eigenvalue weighted by molar-refractivity contribution is 0.0596. The predicted octanol–water partition coefficient (Wildman–Crippen LogP) is 2.05. The lowest BCUT2D eigenvalue weighted by atomic mass is 9.82. The number of amides is 1. The molecule has 2 bridgehead atoms. The van der Waals surface area contributed by atoms with Crippen LogP contribution in [0.4, 0.5) is 0 Å². The van der Waals surface area contributed by atoms with Crippen molar-refractivity contribution in [2.75, 3.05) is 26.2 Å². The van der Waals surface area contributed by atoms with Crippen molar-refractivity contribution < 1.29 is 4.79 Å². The summed E-state index contributed by atoms with van der Waals surface area (Å²) >= 11 is 0. The molecular weight excluding hydrogens is 404 g/mol. The van der Waals surface area contributed by atoms with Crippen LogP contribution >= 0.6 is 0 Å². The van der Waals surface area contributed by atoms with E-state index in [1.165, 1.54) is 12.8 Å². The van der Waals surface area contributed by atoms with Gasteiger partial charge in [-0.25, -0.2) is 9.50 Å². The van der Waals surface area contributed by atoms with E-state index in [0.29, 0.717) is 36.8 Å². The van der Waals surface area contributed by atoms with Gasteiger partial charge in [-0.15, -0.1) is 0 Å². The first-order valence-electron chi connectivity index (χ1n) is 11.6. The Morgan fingerprint density at radius 2 is 1.97 bits per heavy atom. The largest absolute Gasteiger partial charge is 0.337 e. The van der Waals surface area contributed by atoms with E-state index in [-0.39, 0.29) is 17.4 Å². The third-order valence-electron chi connectivity index (χ3n) is 7.28. The van der Waals surface area contributed by atoms with E-state index in [9.17, 15) is 9.59 Å². The van der Waals surface area contributed by atoms with E-state index < -0.39 is 0 Å². The van der Waals surface area contributed by atoms with Crippen LogP contribution in [0.5, 0.6) is 0 Å². The van der Waals surface area contributed by atoms with Gasteiger partial charge >= 0.3 is 0 Å². The van der Waals surface area contributed by atoms with Crippen LogP contribution in [0.15, 0.2) is 35.5 Å². The third kappa shape index (κ3) is 3.24. The number of carbonyl (C=O) groups excluding carboxylic acids is 1. The zero-order valence-corrected chi connectivity index (χ0v) is 18.4. The normalized spacial score (nSPS) is 23.0. The van der Waals surface area contributed by atoms with Crippen molar-refractivity contribution in [3.63, 3.8) is 0 Å². The number of piperidine rings is 1. The average Bonchev–Trinajstić information content (AvgIpc) is 3.45. The average molecular weight is 433 g/mol. The predicted molar refractivity (Wildman–Crippen MR) is 120 cm³/mol. The van der Waals surface area contributed by atoms with Gasteiger partial charge in [0, 0.05) is 55.7 Å². The molecule has 0 radical (unpaired) electrons. The Bertz CT molecular complexity index is 1260. The molecule has 0 saturated carbocycles. The number of nitrogens with zero attached hydrogens (tertiary/aromatic N) is 6. The number of rotatable bonds is 3. The summed E-state index contributed by atoms with van der Waals surface area (Å²) in [6.45, 7) is 6.86. The first kappa shape index (κ1) is 19.7. The van der Waals surface area contributed by atoms with Crippen LogP contribution in [0.2, 0.25) is 0 Å². The summed E-state index contributed by atoms with van der Waals surface area (Å²) < 4.78 is 3.66. The van der Waals surface area contributed by atoms with Crippen LogP contribution in [0.25, 0.3) is 5.65 Å². The van der Waals surface area contributed by atoms with E-state index in [4.69, 9.17) is 0 Å². The molecule has 0 spiro atoms. The van der Waals surface area contributed by atoms with Gasteiger partial charge in [-0.1, -0.05) is 6.07 Å². The second-order valence-electron chi connectivity index (χ2n) is 9.65. The van der Waals surface area contributed by atoms with Crippen molar-refractivity contribution in [2.24, 2.45) is 5.92 Å². The SMILES string of the molecule is Cc1cnc2c(C(=O)N3C[C@@H]4C[C@H](C3)c3ccc(CN5CCCC5)c(=O)n3C4)cnn2c1. The molecule has 2 atom stereocenters. The maximum atomic E-state index is 13.4. The lowest BCUT2D eigenvalue weighted by Crippen LogP contribution is -2.49. The zero-order chi connectivity index (χ0) is 21.8.